The van der Waals surface area contributed by atoms with Crippen LogP contribution in [0.4, 0.5) is 0 Å². The maximum absolute atomic E-state index is 12.8. The highest BCUT2D eigenvalue weighted by Gasteiger charge is 2.79. The van der Waals surface area contributed by atoms with E-state index in [9.17, 15) is 30.3 Å². The fraction of sp³-hybridized carbons (Fsp3) is 0.939. The topological polar surface area (TPSA) is 229 Å². The molecule has 7 fully saturated rings. The summed E-state index contributed by atoms with van der Waals surface area (Å²) in [5, 5.41) is 58.5. The summed E-state index contributed by atoms with van der Waals surface area (Å²) in [6.07, 6.45) is -4.83. The second kappa shape index (κ2) is 20.0. The lowest BCUT2D eigenvalue weighted by atomic mass is 9.42. The molecule has 4 heterocycles. The van der Waals surface area contributed by atoms with E-state index in [-0.39, 0.29) is 49.5 Å². The minimum absolute atomic E-state index is 0.00600. The van der Waals surface area contributed by atoms with Gasteiger partial charge in [-0.05, 0) is 78.6 Å². The molecule has 0 bridgehead atoms. The predicted octanol–water partition coefficient (Wildman–Crippen LogP) is 2.83. The van der Waals surface area contributed by atoms with Gasteiger partial charge in [0.05, 0.1) is 67.1 Å². The molecule has 4 saturated heterocycles. The van der Waals surface area contributed by atoms with Gasteiger partial charge in [-0.3, -0.25) is 4.79 Å². The van der Waals surface area contributed by atoms with Crippen LogP contribution in [0.2, 0.25) is 0 Å². The highest BCUT2D eigenvalue weighted by Crippen LogP contribution is 2.69. The molecule has 25 atom stereocenters. The van der Waals surface area contributed by atoms with Gasteiger partial charge < -0.3 is 82.4 Å². The number of methoxy groups -OCH3 is 4. The van der Waals surface area contributed by atoms with E-state index < -0.39 is 126 Å². The lowest BCUT2D eigenvalue weighted by molar-refractivity contribution is -0.347. The molecule has 8 aliphatic rings. The molecule has 0 aromatic rings. The second-order valence-corrected chi connectivity index (χ2v) is 21.5. The number of carbonyl (C=O) groups is 1. The predicted molar refractivity (Wildman–Crippen MR) is 236 cm³/mol. The molecule has 8 rings (SSSR count). The van der Waals surface area contributed by atoms with Crippen molar-refractivity contribution in [2.24, 2.45) is 22.7 Å². The van der Waals surface area contributed by atoms with Crippen LogP contribution < -0.4 is 0 Å². The standard InChI is InChI=1S/C49H80O18/c1-23(50)30-17-37(52)49(55)47(30,7)36(51)22-35-46(6)14-13-29(16-28(46)12-15-48(35,49)54)64-38-19-32(57-9)43(25(3)61-38)66-40-21-34(59-11)45(27(5)63-40)67-41-20-33(58-10)44(26(4)62-41)65-39-18-31(56-8)42(53)24(2)60-39/h12,24-27,29-45,51-55H,13-22H2,1-11H3/t24-,25-,26-,27-,29-,30+,31-,32-,33-,34-,35+,36-,37-,38+,39+,40+,41+,42-,43-,44-,45-,46+,47+,48+,49-/m1/s1. The zero-order valence-corrected chi connectivity index (χ0v) is 41.3. The summed E-state index contributed by atoms with van der Waals surface area (Å²) in [5.41, 5.74) is -4.69. The zero-order chi connectivity index (χ0) is 48.5. The number of ether oxygens (including phenoxy) is 12. The number of rotatable bonds is 13. The van der Waals surface area contributed by atoms with Crippen LogP contribution in [0.25, 0.3) is 0 Å². The first-order chi connectivity index (χ1) is 31.7. The molecule has 3 saturated carbocycles. The third-order valence-electron chi connectivity index (χ3n) is 18.0. The molecule has 18 heteroatoms. The molecule has 5 N–H and O–H groups in total. The maximum atomic E-state index is 12.8. The maximum Gasteiger partial charge on any atom is 0.161 e. The normalized spacial score (nSPS) is 53.6. The van der Waals surface area contributed by atoms with Gasteiger partial charge in [-0.2, -0.15) is 0 Å². The van der Waals surface area contributed by atoms with Crippen molar-refractivity contribution in [1.29, 1.82) is 0 Å². The average molecular weight is 957 g/mol. The van der Waals surface area contributed by atoms with E-state index in [1.807, 2.05) is 26.8 Å². The van der Waals surface area contributed by atoms with Crippen LogP contribution in [-0.2, 0) is 61.6 Å². The van der Waals surface area contributed by atoms with Crippen molar-refractivity contribution in [3.8, 4) is 0 Å². The number of aliphatic hydroxyl groups excluding tert-OH is 3. The summed E-state index contributed by atoms with van der Waals surface area (Å²) in [6, 6.07) is 0. The monoisotopic (exact) mass is 957 g/mol. The van der Waals surface area contributed by atoms with Crippen molar-refractivity contribution in [3.05, 3.63) is 11.6 Å². The Morgan fingerprint density at radius 3 is 1.54 bits per heavy atom. The quantitative estimate of drug-likeness (QED) is 0.167. The fourth-order valence-corrected chi connectivity index (χ4v) is 14.0. The highest BCUT2D eigenvalue weighted by molar-refractivity contribution is 5.80. The molecular weight excluding hydrogens is 877 g/mol. The summed E-state index contributed by atoms with van der Waals surface area (Å²) in [7, 11) is 6.49. The number of fused-ring (bicyclic) bond motifs is 5. The highest BCUT2D eigenvalue weighted by atomic mass is 16.8. The first-order valence-corrected chi connectivity index (χ1v) is 24.7. The number of Topliss-reactive ketones (excluding diaryl/α,β-unsaturated/α-hetero) is 1. The van der Waals surface area contributed by atoms with Gasteiger partial charge in [0, 0.05) is 71.4 Å². The Kier molecular flexibility index (Phi) is 15.5. The van der Waals surface area contributed by atoms with Gasteiger partial charge in [0.1, 0.15) is 41.4 Å². The zero-order valence-electron chi connectivity index (χ0n) is 41.3. The largest absolute Gasteiger partial charge is 0.392 e. The molecule has 18 nitrogen and oxygen atoms in total. The van der Waals surface area contributed by atoms with E-state index in [0.29, 0.717) is 44.9 Å². The number of hydrogen-bond acceptors (Lipinski definition) is 18. The van der Waals surface area contributed by atoms with Crippen LogP contribution >= 0.6 is 0 Å². The summed E-state index contributed by atoms with van der Waals surface area (Å²) in [6.45, 7) is 12.7. The third-order valence-corrected chi connectivity index (χ3v) is 18.0. The van der Waals surface area contributed by atoms with Gasteiger partial charge in [-0.25, -0.2) is 0 Å². The van der Waals surface area contributed by atoms with Crippen molar-refractivity contribution in [3.63, 3.8) is 0 Å². The van der Waals surface area contributed by atoms with Crippen molar-refractivity contribution in [2.45, 2.75) is 241 Å². The number of hydrogen-bond donors (Lipinski definition) is 5. The van der Waals surface area contributed by atoms with Gasteiger partial charge >= 0.3 is 0 Å². The van der Waals surface area contributed by atoms with Crippen LogP contribution in [0.5, 0.6) is 0 Å². The molecule has 0 radical (unpaired) electrons. The molecule has 0 spiro atoms. The van der Waals surface area contributed by atoms with Crippen LogP contribution in [0.3, 0.4) is 0 Å². The van der Waals surface area contributed by atoms with Crippen molar-refractivity contribution < 1.29 is 87.2 Å². The number of carbonyl (C=O) groups excluding carboxylic acids is 1. The van der Waals surface area contributed by atoms with E-state index >= 15 is 0 Å². The van der Waals surface area contributed by atoms with Gasteiger partial charge in [0.25, 0.3) is 0 Å². The average Bonchev–Trinajstić information content (AvgIpc) is 3.51. The Balaban J connectivity index is 0.849. The summed E-state index contributed by atoms with van der Waals surface area (Å²) in [5.74, 6) is -1.53. The Morgan fingerprint density at radius 2 is 1.07 bits per heavy atom. The smallest absolute Gasteiger partial charge is 0.161 e. The van der Waals surface area contributed by atoms with E-state index in [1.54, 1.807) is 42.3 Å². The van der Waals surface area contributed by atoms with Crippen LogP contribution in [-0.4, -0.2) is 188 Å². The van der Waals surface area contributed by atoms with Crippen LogP contribution in [0.1, 0.15) is 113 Å². The molecule has 0 aromatic heterocycles. The van der Waals surface area contributed by atoms with Crippen LogP contribution in [0, 0.1) is 22.7 Å². The lowest BCUT2D eigenvalue weighted by Gasteiger charge is -2.66. The van der Waals surface area contributed by atoms with Crippen molar-refractivity contribution >= 4 is 5.78 Å². The first-order valence-electron chi connectivity index (χ1n) is 24.7. The molecule has 384 valence electrons. The van der Waals surface area contributed by atoms with E-state index in [0.717, 1.165) is 5.57 Å². The minimum Gasteiger partial charge on any atom is -0.392 e. The summed E-state index contributed by atoms with van der Waals surface area (Å²) in [4.78, 5) is 12.8. The summed E-state index contributed by atoms with van der Waals surface area (Å²) < 4.78 is 75.0. The van der Waals surface area contributed by atoms with Gasteiger partial charge in [0.2, 0.25) is 0 Å². The Bertz CT molecular complexity index is 1750. The molecule has 4 aliphatic heterocycles. The van der Waals surface area contributed by atoms with Crippen molar-refractivity contribution in [1.82, 2.24) is 0 Å². The number of ketones is 1. The van der Waals surface area contributed by atoms with Gasteiger partial charge in [-0.1, -0.05) is 25.5 Å². The molecular formula is C49H80O18. The van der Waals surface area contributed by atoms with E-state index in [4.69, 9.17) is 56.8 Å². The first kappa shape index (κ1) is 52.1. The van der Waals surface area contributed by atoms with Crippen LogP contribution in [0.15, 0.2) is 11.6 Å². The second-order valence-electron chi connectivity index (χ2n) is 21.5. The minimum atomic E-state index is -2.07. The lowest BCUT2D eigenvalue weighted by Crippen LogP contribution is -2.78. The molecule has 0 amide bonds. The Morgan fingerprint density at radius 1 is 0.627 bits per heavy atom. The van der Waals surface area contributed by atoms with Gasteiger partial charge in [0.15, 0.2) is 25.2 Å². The van der Waals surface area contributed by atoms with E-state index in [1.165, 1.54) is 6.92 Å². The Hall–Kier alpha value is -1.27. The van der Waals surface area contributed by atoms with Crippen molar-refractivity contribution in [2.75, 3.05) is 28.4 Å². The van der Waals surface area contributed by atoms with E-state index in [2.05, 4.69) is 6.92 Å². The SMILES string of the molecule is CO[C@@H]1C[C@H](O[C@@H]2[C@@H](C)O[C@@H](O[C@@H]3[C@@H](C)O[C@@H](O[C@@H]4[C@@H](C)O[C@@H](O[C@@H]5CC[C@@]6(C)C(=CC[C@]7(O)[C@H]6C[C@@H](O)[C@]6(C)[C@H](C(C)=O)C[C@@H](O)[C@@]67O)C5)C[C@H]4OC)C[C@H]3OC)C[C@H]2OC)O[C@H](C)[C@H]1O. The molecule has 0 aromatic carbocycles. The number of aliphatic hydroxyl groups is 5. The molecule has 0 unspecified atom stereocenters. The third kappa shape index (κ3) is 8.95. The van der Waals surface area contributed by atoms with Gasteiger partial charge in [-0.15, -0.1) is 0 Å². The summed E-state index contributed by atoms with van der Waals surface area (Å²) >= 11 is 0. The fourth-order valence-electron chi connectivity index (χ4n) is 14.0. The Labute approximate surface area is 395 Å². The molecule has 4 aliphatic carbocycles. The molecule has 67 heavy (non-hydrogen) atoms.